The molecule has 0 radical (unpaired) electrons. The second-order valence-corrected chi connectivity index (χ2v) is 5.09. The SMILES string of the molecule is COc1ccc(C(=O)NCc2nc(C)cc(N(C)C)n2)cc1. The van der Waals surface area contributed by atoms with Gasteiger partial charge < -0.3 is 15.0 Å². The highest BCUT2D eigenvalue weighted by atomic mass is 16.5. The molecule has 1 heterocycles. The van der Waals surface area contributed by atoms with Crippen LogP contribution in [-0.4, -0.2) is 37.1 Å². The standard InChI is InChI=1S/C16H20N4O2/c1-11-9-15(20(2)3)19-14(18-11)10-17-16(21)12-5-7-13(22-4)8-6-12/h5-9H,10H2,1-4H3,(H,17,21). The minimum absolute atomic E-state index is 0.167. The quantitative estimate of drug-likeness (QED) is 0.912. The van der Waals surface area contributed by atoms with Crippen LogP contribution >= 0.6 is 0 Å². The summed E-state index contributed by atoms with van der Waals surface area (Å²) in [6.07, 6.45) is 0. The number of anilines is 1. The number of aromatic nitrogens is 2. The summed E-state index contributed by atoms with van der Waals surface area (Å²) in [6.45, 7) is 2.19. The van der Waals surface area contributed by atoms with Gasteiger partial charge in [-0.05, 0) is 31.2 Å². The van der Waals surface area contributed by atoms with E-state index in [1.54, 1.807) is 31.4 Å². The third kappa shape index (κ3) is 3.94. The first kappa shape index (κ1) is 15.8. The maximum Gasteiger partial charge on any atom is 0.251 e. The summed E-state index contributed by atoms with van der Waals surface area (Å²) < 4.78 is 5.07. The number of methoxy groups -OCH3 is 1. The molecule has 0 aliphatic heterocycles. The van der Waals surface area contributed by atoms with E-state index in [-0.39, 0.29) is 12.5 Å². The van der Waals surface area contributed by atoms with E-state index in [0.29, 0.717) is 17.1 Å². The summed E-state index contributed by atoms with van der Waals surface area (Å²) >= 11 is 0. The van der Waals surface area contributed by atoms with E-state index in [1.165, 1.54) is 0 Å². The largest absolute Gasteiger partial charge is 0.497 e. The van der Waals surface area contributed by atoms with Gasteiger partial charge in [-0.15, -0.1) is 0 Å². The van der Waals surface area contributed by atoms with Crippen LogP contribution in [0.4, 0.5) is 5.82 Å². The molecule has 1 aromatic heterocycles. The number of hydrogen-bond donors (Lipinski definition) is 1. The van der Waals surface area contributed by atoms with Gasteiger partial charge in [-0.2, -0.15) is 0 Å². The molecule has 0 saturated carbocycles. The zero-order valence-corrected chi connectivity index (χ0v) is 13.3. The van der Waals surface area contributed by atoms with Crippen LogP contribution in [0.3, 0.4) is 0 Å². The molecule has 22 heavy (non-hydrogen) atoms. The maximum absolute atomic E-state index is 12.1. The van der Waals surface area contributed by atoms with Crippen molar-refractivity contribution in [2.75, 3.05) is 26.1 Å². The number of amides is 1. The van der Waals surface area contributed by atoms with Crippen LogP contribution in [0.1, 0.15) is 21.9 Å². The van der Waals surface area contributed by atoms with E-state index < -0.39 is 0 Å². The molecule has 0 fully saturated rings. The fourth-order valence-electron chi connectivity index (χ4n) is 1.92. The van der Waals surface area contributed by atoms with Gasteiger partial charge >= 0.3 is 0 Å². The highest BCUT2D eigenvalue weighted by Crippen LogP contribution is 2.12. The summed E-state index contributed by atoms with van der Waals surface area (Å²) in [5, 5.41) is 2.82. The number of nitrogens with one attached hydrogen (secondary N) is 1. The van der Waals surface area contributed by atoms with Gasteiger partial charge in [0.15, 0.2) is 0 Å². The Morgan fingerprint density at radius 2 is 1.91 bits per heavy atom. The van der Waals surface area contributed by atoms with Crippen LogP contribution in [0.5, 0.6) is 5.75 Å². The molecule has 6 nitrogen and oxygen atoms in total. The van der Waals surface area contributed by atoms with Crippen LogP contribution in [0.25, 0.3) is 0 Å². The molecule has 2 aromatic rings. The van der Waals surface area contributed by atoms with Crippen LogP contribution in [0.2, 0.25) is 0 Å². The van der Waals surface area contributed by atoms with E-state index in [9.17, 15) is 4.79 Å². The number of hydrogen-bond acceptors (Lipinski definition) is 5. The minimum Gasteiger partial charge on any atom is -0.497 e. The molecule has 1 aromatic carbocycles. The first-order valence-corrected chi connectivity index (χ1v) is 6.93. The molecule has 2 rings (SSSR count). The molecule has 6 heteroatoms. The van der Waals surface area contributed by atoms with Crippen molar-refractivity contribution in [2.24, 2.45) is 0 Å². The lowest BCUT2D eigenvalue weighted by Gasteiger charge is -2.13. The molecule has 116 valence electrons. The summed E-state index contributed by atoms with van der Waals surface area (Å²) in [7, 11) is 5.43. The van der Waals surface area contributed by atoms with Crippen molar-refractivity contribution in [3.63, 3.8) is 0 Å². The summed E-state index contributed by atoms with van der Waals surface area (Å²) in [5.41, 5.74) is 1.44. The number of carbonyl (C=O) groups excluding carboxylic acids is 1. The minimum atomic E-state index is -0.167. The van der Waals surface area contributed by atoms with Crippen molar-refractivity contribution in [3.05, 3.63) is 47.4 Å². The fourth-order valence-corrected chi connectivity index (χ4v) is 1.92. The molecule has 0 spiro atoms. The van der Waals surface area contributed by atoms with Gasteiger partial charge in [0.05, 0.1) is 13.7 Å². The Bertz CT molecular complexity index is 654. The number of nitrogens with zero attached hydrogens (tertiary/aromatic N) is 3. The molecule has 0 bridgehead atoms. The molecule has 1 amide bonds. The smallest absolute Gasteiger partial charge is 0.251 e. The van der Waals surface area contributed by atoms with Gasteiger partial charge in [0.2, 0.25) is 0 Å². The van der Waals surface area contributed by atoms with Crippen molar-refractivity contribution in [2.45, 2.75) is 13.5 Å². The van der Waals surface area contributed by atoms with Gasteiger partial charge in [-0.1, -0.05) is 0 Å². The molecule has 0 aliphatic carbocycles. The lowest BCUT2D eigenvalue weighted by molar-refractivity contribution is 0.0950. The van der Waals surface area contributed by atoms with Crippen molar-refractivity contribution < 1.29 is 9.53 Å². The first-order chi connectivity index (χ1) is 10.5. The molecular weight excluding hydrogens is 280 g/mol. The average molecular weight is 300 g/mol. The second kappa shape index (κ2) is 6.89. The summed E-state index contributed by atoms with van der Waals surface area (Å²) in [4.78, 5) is 22.8. The van der Waals surface area contributed by atoms with Crippen LogP contribution in [0.15, 0.2) is 30.3 Å². The third-order valence-corrected chi connectivity index (χ3v) is 3.10. The lowest BCUT2D eigenvalue weighted by atomic mass is 10.2. The molecule has 0 aliphatic rings. The number of aryl methyl sites for hydroxylation is 1. The fraction of sp³-hybridized carbons (Fsp3) is 0.312. The van der Waals surface area contributed by atoms with Crippen molar-refractivity contribution in [1.29, 1.82) is 0 Å². The monoisotopic (exact) mass is 300 g/mol. The van der Waals surface area contributed by atoms with E-state index in [1.807, 2.05) is 32.0 Å². The highest BCUT2D eigenvalue weighted by Gasteiger charge is 2.08. The predicted octanol–water partition coefficient (Wildman–Crippen LogP) is 1.79. The third-order valence-electron chi connectivity index (χ3n) is 3.10. The number of benzene rings is 1. The van der Waals surface area contributed by atoms with Gasteiger partial charge in [0, 0.05) is 31.4 Å². The lowest BCUT2D eigenvalue weighted by Crippen LogP contribution is -2.24. The van der Waals surface area contributed by atoms with E-state index in [0.717, 1.165) is 11.5 Å². The van der Waals surface area contributed by atoms with Crippen molar-refractivity contribution in [1.82, 2.24) is 15.3 Å². The Hall–Kier alpha value is -2.63. The molecule has 0 unspecified atom stereocenters. The van der Waals surface area contributed by atoms with Crippen LogP contribution in [0, 0.1) is 6.92 Å². The highest BCUT2D eigenvalue weighted by molar-refractivity contribution is 5.94. The molecular formula is C16H20N4O2. The zero-order valence-electron chi connectivity index (χ0n) is 13.3. The van der Waals surface area contributed by atoms with E-state index in [2.05, 4.69) is 15.3 Å². The Balaban J connectivity index is 2.04. The number of ether oxygens (including phenoxy) is 1. The Morgan fingerprint density at radius 1 is 1.23 bits per heavy atom. The molecule has 0 saturated heterocycles. The van der Waals surface area contributed by atoms with Crippen LogP contribution in [-0.2, 0) is 6.54 Å². The zero-order chi connectivity index (χ0) is 16.1. The van der Waals surface area contributed by atoms with Gasteiger partial charge in [0.25, 0.3) is 5.91 Å². The summed E-state index contributed by atoms with van der Waals surface area (Å²) in [5.74, 6) is 1.96. The second-order valence-electron chi connectivity index (χ2n) is 5.09. The average Bonchev–Trinajstić information content (AvgIpc) is 2.52. The number of carbonyl (C=O) groups is 1. The Morgan fingerprint density at radius 3 is 2.50 bits per heavy atom. The molecule has 0 atom stereocenters. The van der Waals surface area contributed by atoms with Gasteiger partial charge in [-0.25, -0.2) is 9.97 Å². The number of rotatable bonds is 5. The Labute approximate surface area is 130 Å². The van der Waals surface area contributed by atoms with Gasteiger partial charge in [-0.3, -0.25) is 4.79 Å². The van der Waals surface area contributed by atoms with Crippen molar-refractivity contribution in [3.8, 4) is 5.75 Å². The van der Waals surface area contributed by atoms with Gasteiger partial charge in [0.1, 0.15) is 17.4 Å². The predicted molar refractivity (Wildman–Crippen MR) is 85.3 cm³/mol. The molecule has 1 N–H and O–H groups in total. The van der Waals surface area contributed by atoms with E-state index >= 15 is 0 Å². The Kier molecular flexibility index (Phi) is 4.93. The topological polar surface area (TPSA) is 67.3 Å². The van der Waals surface area contributed by atoms with E-state index in [4.69, 9.17) is 4.74 Å². The van der Waals surface area contributed by atoms with Crippen LogP contribution < -0.4 is 15.0 Å². The first-order valence-electron chi connectivity index (χ1n) is 6.93. The van der Waals surface area contributed by atoms with Crippen molar-refractivity contribution >= 4 is 11.7 Å². The maximum atomic E-state index is 12.1. The normalized spacial score (nSPS) is 10.2. The summed E-state index contributed by atoms with van der Waals surface area (Å²) in [6, 6.07) is 8.84.